The smallest absolute Gasteiger partial charge is 0.248 e. The summed E-state index contributed by atoms with van der Waals surface area (Å²) in [4.78, 5) is 86.8. The number of hydrogen-bond acceptors (Lipinski definition) is 10. The zero-order valence-electron chi connectivity index (χ0n) is 43.7. The molecule has 2 aliphatic carbocycles. The minimum atomic E-state index is -1.02. The third-order valence-electron chi connectivity index (χ3n) is 15.4. The number of likely N-dealkylation sites (N-methyl/N-ethyl adjacent to an activating group) is 2. The molecule has 0 aromatic heterocycles. The lowest BCUT2D eigenvalue weighted by atomic mass is 10.0. The van der Waals surface area contributed by atoms with Gasteiger partial charge in [0.25, 0.3) is 0 Å². The molecule has 0 saturated carbocycles. The van der Waals surface area contributed by atoms with Crippen molar-refractivity contribution in [2.75, 3.05) is 40.4 Å². The van der Waals surface area contributed by atoms with Crippen molar-refractivity contribution in [1.82, 2.24) is 41.7 Å². The predicted octanol–water partition coefficient (Wildman–Crippen LogP) is 5.30. The van der Waals surface area contributed by atoms with Crippen LogP contribution in [0.2, 0.25) is 0 Å². The van der Waals surface area contributed by atoms with Crippen molar-refractivity contribution in [2.45, 2.75) is 140 Å². The van der Waals surface area contributed by atoms with Crippen LogP contribution in [-0.2, 0) is 38.2 Å². The molecule has 2 aliphatic heterocycles. The van der Waals surface area contributed by atoms with Crippen LogP contribution < -0.4 is 31.9 Å². The molecule has 8 atom stereocenters. The first-order valence-corrected chi connectivity index (χ1v) is 26.6. The normalized spacial score (nSPS) is 19.3. The molecule has 2 saturated heterocycles. The first kappa shape index (κ1) is 53.8. The second-order valence-corrected chi connectivity index (χ2v) is 20.2. The predicted molar refractivity (Wildman–Crippen MR) is 283 cm³/mol. The van der Waals surface area contributed by atoms with Crippen molar-refractivity contribution in [1.29, 1.82) is 0 Å². The maximum atomic E-state index is 14.4. The summed E-state index contributed by atoms with van der Waals surface area (Å²) in [6, 6.07) is 26.9. The lowest BCUT2D eigenvalue weighted by Gasteiger charge is -2.32. The van der Waals surface area contributed by atoms with E-state index in [2.05, 4.69) is 56.2 Å². The summed E-state index contributed by atoms with van der Waals surface area (Å²) in [7, 11) is 3.35. The summed E-state index contributed by atoms with van der Waals surface area (Å²) in [5.41, 5.74) is 8.38. The van der Waals surface area contributed by atoms with E-state index in [1.807, 2.05) is 72.8 Å². The fourth-order valence-electron chi connectivity index (χ4n) is 10.9. The number of nitrogens with zero attached hydrogens (tertiary/aromatic N) is 2. The molecule has 2 fully saturated rings. The van der Waals surface area contributed by atoms with Gasteiger partial charge in [-0.25, -0.2) is 0 Å². The molecular weight excluding hydrogens is 937 g/mol. The molecule has 8 rings (SSSR count). The maximum Gasteiger partial charge on any atom is 0.248 e. The van der Waals surface area contributed by atoms with E-state index in [4.69, 9.17) is 9.47 Å². The lowest BCUT2D eigenvalue weighted by molar-refractivity contribution is -0.145. The molecule has 4 aliphatic rings. The number of unbranched alkanes of at least 4 members (excludes halogenated alkanes) is 3. The van der Waals surface area contributed by atoms with E-state index >= 15 is 0 Å². The topological polar surface area (TPSA) is 200 Å². The van der Waals surface area contributed by atoms with Gasteiger partial charge in [0.15, 0.2) is 0 Å². The Morgan fingerprint density at radius 2 is 0.824 bits per heavy atom. The fourth-order valence-corrected chi connectivity index (χ4v) is 10.9. The van der Waals surface area contributed by atoms with Crippen LogP contribution in [0.25, 0.3) is 22.3 Å². The van der Waals surface area contributed by atoms with Gasteiger partial charge in [-0.1, -0.05) is 110 Å². The first-order valence-electron chi connectivity index (χ1n) is 26.6. The Morgan fingerprint density at radius 1 is 0.500 bits per heavy atom. The number of rotatable bonds is 23. The Hall–Kier alpha value is -6.46. The van der Waals surface area contributed by atoms with Gasteiger partial charge in [-0.05, 0) is 125 Å². The highest BCUT2D eigenvalue weighted by atomic mass is 16.5. The van der Waals surface area contributed by atoms with E-state index < -0.39 is 48.5 Å². The van der Waals surface area contributed by atoms with E-state index in [-0.39, 0.29) is 47.5 Å². The van der Waals surface area contributed by atoms with Gasteiger partial charge in [0.05, 0.1) is 36.4 Å². The van der Waals surface area contributed by atoms with E-state index in [1.54, 1.807) is 51.6 Å². The number of carbonyl (C=O) groups is 6. The van der Waals surface area contributed by atoms with Gasteiger partial charge in [0.1, 0.15) is 24.2 Å². The van der Waals surface area contributed by atoms with Crippen LogP contribution in [0.4, 0.5) is 0 Å². The Bertz CT molecular complexity index is 2390. The second kappa shape index (κ2) is 24.7. The van der Waals surface area contributed by atoms with E-state index in [0.717, 1.165) is 57.3 Å². The van der Waals surface area contributed by atoms with Crippen molar-refractivity contribution in [3.05, 3.63) is 119 Å². The molecule has 74 heavy (non-hydrogen) atoms. The maximum absolute atomic E-state index is 14.4. The summed E-state index contributed by atoms with van der Waals surface area (Å²) in [5.74, 6) is -1.88. The van der Waals surface area contributed by atoms with Crippen LogP contribution in [-0.4, -0.2) is 134 Å². The summed E-state index contributed by atoms with van der Waals surface area (Å²) in [5, 5.41) is 18.2. The van der Waals surface area contributed by atoms with Crippen molar-refractivity contribution in [3.8, 4) is 22.3 Å². The van der Waals surface area contributed by atoms with Crippen LogP contribution in [0.3, 0.4) is 0 Å². The first-order chi connectivity index (χ1) is 35.8. The third-order valence-corrected chi connectivity index (χ3v) is 15.4. The Labute approximate surface area is 435 Å². The highest BCUT2D eigenvalue weighted by Gasteiger charge is 2.44. The monoisotopic (exact) mass is 1010 g/mol. The van der Waals surface area contributed by atoms with Crippen LogP contribution >= 0.6 is 0 Å². The standard InChI is InChI=1S/C58H74N8O8/c1-35(59-5)53(67)61-49(57(71)65-31-19-29-47(65)55(69)63-51-43-25-13-9-21-39(43)40-22-10-14-26-44(40)51)37(3)73-33-17-7-8-18-34-74-38(4)50(62-54(68)36(2)60-6)58(72)66-32-20-30-48(66)56(70)64-52-45-27-15-11-23-41(45)42-24-12-16-28-46(42)52/h9-16,21-28,35-38,47-52,59-60H,7-8,17-20,29-34H2,1-6H3,(H,61,67)(H,62,68)(H,63,69)(H,64,70)/t35-,36-,37+,38+,47-,48-,49-,50-/m0/s1. The number of nitrogens with one attached hydrogen (secondary N) is 6. The van der Waals surface area contributed by atoms with Crippen molar-refractivity contribution < 1.29 is 38.2 Å². The fraction of sp³-hybridized carbons (Fsp3) is 0.483. The molecule has 2 heterocycles. The number of benzene rings is 4. The number of hydrogen-bond donors (Lipinski definition) is 6. The van der Waals surface area contributed by atoms with Crippen molar-refractivity contribution in [2.24, 2.45) is 0 Å². The van der Waals surface area contributed by atoms with Gasteiger partial charge in [0, 0.05) is 26.3 Å². The average molecular weight is 1010 g/mol. The zero-order valence-corrected chi connectivity index (χ0v) is 43.7. The molecule has 4 aromatic carbocycles. The van der Waals surface area contributed by atoms with Crippen molar-refractivity contribution >= 4 is 35.4 Å². The molecule has 0 radical (unpaired) electrons. The van der Waals surface area contributed by atoms with Gasteiger partial charge < -0.3 is 51.2 Å². The summed E-state index contributed by atoms with van der Waals surface area (Å²) < 4.78 is 12.5. The third kappa shape index (κ3) is 11.7. The molecule has 0 bridgehead atoms. The average Bonchev–Trinajstić information content (AvgIpc) is 4.25. The van der Waals surface area contributed by atoms with Gasteiger partial charge in [0.2, 0.25) is 35.4 Å². The number of fused-ring (bicyclic) bond motifs is 6. The molecule has 0 unspecified atom stereocenters. The minimum absolute atomic E-state index is 0.235. The molecule has 16 nitrogen and oxygen atoms in total. The molecular formula is C58H74N8O8. The minimum Gasteiger partial charge on any atom is -0.376 e. The quantitative estimate of drug-likeness (QED) is 0.0531. The van der Waals surface area contributed by atoms with Crippen LogP contribution in [0.5, 0.6) is 0 Å². The number of ether oxygens (including phenoxy) is 2. The van der Waals surface area contributed by atoms with E-state index in [1.165, 1.54) is 0 Å². The zero-order chi connectivity index (χ0) is 52.5. The Kier molecular flexibility index (Phi) is 18.0. The summed E-state index contributed by atoms with van der Waals surface area (Å²) in [6.45, 7) is 8.42. The highest BCUT2D eigenvalue weighted by molar-refractivity contribution is 5.96. The summed E-state index contributed by atoms with van der Waals surface area (Å²) in [6.07, 6.45) is 3.86. The van der Waals surface area contributed by atoms with Gasteiger partial charge in [-0.15, -0.1) is 0 Å². The molecule has 4 aromatic rings. The van der Waals surface area contributed by atoms with Crippen molar-refractivity contribution in [3.63, 3.8) is 0 Å². The molecule has 6 N–H and O–H groups in total. The number of amides is 6. The molecule has 394 valence electrons. The summed E-state index contributed by atoms with van der Waals surface area (Å²) >= 11 is 0. The van der Waals surface area contributed by atoms with E-state index in [0.29, 0.717) is 64.8 Å². The lowest BCUT2D eigenvalue weighted by Crippen LogP contribution is -2.59. The van der Waals surface area contributed by atoms with Gasteiger partial charge >= 0.3 is 0 Å². The van der Waals surface area contributed by atoms with Gasteiger partial charge in [-0.3, -0.25) is 28.8 Å². The largest absolute Gasteiger partial charge is 0.376 e. The Morgan fingerprint density at radius 3 is 1.15 bits per heavy atom. The molecule has 16 heteroatoms. The number of carbonyl (C=O) groups excluding carboxylic acids is 6. The molecule has 0 spiro atoms. The number of likely N-dealkylation sites (tertiary alicyclic amines) is 2. The second-order valence-electron chi connectivity index (χ2n) is 20.2. The Balaban J connectivity index is 0.824. The van der Waals surface area contributed by atoms with E-state index in [9.17, 15) is 28.8 Å². The highest BCUT2D eigenvalue weighted by Crippen LogP contribution is 2.44. The van der Waals surface area contributed by atoms with Crippen LogP contribution in [0.15, 0.2) is 97.1 Å². The van der Waals surface area contributed by atoms with Crippen LogP contribution in [0.1, 0.15) is 113 Å². The molecule has 6 amide bonds. The van der Waals surface area contributed by atoms with Gasteiger partial charge in [-0.2, -0.15) is 0 Å². The van der Waals surface area contributed by atoms with Crippen LogP contribution in [0, 0.1) is 0 Å². The SMILES string of the molecule is CN[C@@H](C)C(=O)N[C@H](C(=O)N1CCC[C@H]1C(=O)NC1c2ccccc2-c2ccccc21)[C@@H](C)OCCCCCCO[C@H](C)[C@H](NC(=O)[C@H](C)NC)C(=O)N1CCC[C@H]1C(=O)NC1c2ccccc2-c2ccccc21.